The van der Waals surface area contributed by atoms with Gasteiger partial charge < -0.3 is 10.1 Å². The van der Waals surface area contributed by atoms with Gasteiger partial charge in [0.15, 0.2) is 0 Å². The predicted molar refractivity (Wildman–Crippen MR) is 111 cm³/mol. The summed E-state index contributed by atoms with van der Waals surface area (Å²) < 4.78 is 18.3. The Balaban J connectivity index is 1.67. The van der Waals surface area contributed by atoms with Crippen LogP contribution in [-0.4, -0.2) is 11.9 Å². The van der Waals surface area contributed by atoms with E-state index in [0.29, 0.717) is 22.6 Å². The van der Waals surface area contributed by atoms with Gasteiger partial charge in [-0.05, 0) is 67.1 Å². The molecule has 0 fully saturated rings. The second-order valence-corrected chi connectivity index (χ2v) is 6.46. The zero-order valence-electron chi connectivity index (χ0n) is 16.1. The number of esters is 1. The Kier molecular flexibility index (Phi) is 6.36. The van der Waals surface area contributed by atoms with Gasteiger partial charge in [-0.25, -0.2) is 9.18 Å². The number of carbonyl (C=O) groups is 2. The van der Waals surface area contributed by atoms with Crippen LogP contribution in [0.2, 0.25) is 0 Å². The van der Waals surface area contributed by atoms with E-state index < -0.39 is 17.7 Å². The highest BCUT2D eigenvalue weighted by Gasteiger charge is 2.11. The molecule has 0 heterocycles. The molecule has 30 heavy (non-hydrogen) atoms. The molecule has 0 aliphatic rings. The molecule has 0 unspecified atom stereocenters. The number of hydrogen-bond acceptors (Lipinski definition) is 4. The number of rotatable bonds is 5. The fourth-order valence-corrected chi connectivity index (χ4v) is 2.53. The van der Waals surface area contributed by atoms with Crippen molar-refractivity contribution in [1.29, 1.82) is 5.26 Å². The number of halogens is 1. The van der Waals surface area contributed by atoms with Crippen LogP contribution in [0.5, 0.6) is 5.75 Å². The Morgan fingerprint density at radius 2 is 1.60 bits per heavy atom. The molecule has 5 nitrogen and oxygen atoms in total. The van der Waals surface area contributed by atoms with Gasteiger partial charge in [0.2, 0.25) is 0 Å². The Labute approximate surface area is 173 Å². The number of aryl methyl sites for hydroxylation is 1. The molecule has 3 rings (SSSR count). The topological polar surface area (TPSA) is 79.2 Å². The van der Waals surface area contributed by atoms with Gasteiger partial charge in [-0.15, -0.1) is 0 Å². The number of carbonyl (C=O) groups excluding carboxylic acids is 2. The summed E-state index contributed by atoms with van der Waals surface area (Å²) in [6, 6.07) is 20.5. The minimum absolute atomic E-state index is 0.122. The number of nitriles is 1. The third kappa shape index (κ3) is 5.40. The second-order valence-electron chi connectivity index (χ2n) is 6.46. The van der Waals surface area contributed by atoms with Crippen molar-refractivity contribution < 1.29 is 18.7 Å². The average molecular weight is 400 g/mol. The maximum Gasteiger partial charge on any atom is 0.343 e. The van der Waals surface area contributed by atoms with Crippen LogP contribution in [0.4, 0.5) is 10.1 Å². The molecule has 0 atom stereocenters. The van der Waals surface area contributed by atoms with E-state index in [0.717, 1.165) is 5.56 Å². The van der Waals surface area contributed by atoms with Crippen molar-refractivity contribution >= 4 is 23.6 Å². The highest BCUT2D eigenvalue weighted by Crippen LogP contribution is 2.17. The van der Waals surface area contributed by atoms with Gasteiger partial charge in [-0.1, -0.05) is 29.8 Å². The molecule has 0 aromatic heterocycles. The zero-order valence-corrected chi connectivity index (χ0v) is 16.1. The number of ether oxygens (including phenoxy) is 1. The predicted octanol–water partition coefficient (Wildman–Crippen LogP) is 4.90. The van der Waals surface area contributed by atoms with Crippen molar-refractivity contribution in [3.8, 4) is 11.8 Å². The van der Waals surface area contributed by atoms with E-state index in [2.05, 4.69) is 5.32 Å². The summed E-state index contributed by atoms with van der Waals surface area (Å²) in [5.74, 6) is -1.17. The lowest BCUT2D eigenvalue weighted by Gasteiger charge is -2.06. The summed E-state index contributed by atoms with van der Waals surface area (Å²) in [6.07, 6.45) is 1.41. The Morgan fingerprint density at radius 3 is 2.20 bits per heavy atom. The fourth-order valence-electron chi connectivity index (χ4n) is 2.53. The SMILES string of the molecule is Cc1ccc(C(=O)Oc2ccc(C=C(C#N)C(=O)Nc3ccc(F)cc3)cc2)cc1. The molecule has 3 aromatic carbocycles. The second kappa shape index (κ2) is 9.30. The van der Waals surface area contributed by atoms with E-state index in [1.165, 1.54) is 30.3 Å². The van der Waals surface area contributed by atoms with Crippen molar-refractivity contribution in [1.82, 2.24) is 0 Å². The van der Waals surface area contributed by atoms with Crippen molar-refractivity contribution in [2.24, 2.45) is 0 Å². The van der Waals surface area contributed by atoms with Gasteiger partial charge in [0.1, 0.15) is 23.2 Å². The maximum absolute atomic E-state index is 13.0. The van der Waals surface area contributed by atoms with E-state index in [4.69, 9.17) is 4.74 Å². The first-order chi connectivity index (χ1) is 14.4. The first-order valence-electron chi connectivity index (χ1n) is 9.02. The van der Waals surface area contributed by atoms with Crippen LogP contribution >= 0.6 is 0 Å². The fraction of sp³-hybridized carbons (Fsp3) is 0.0417. The molecule has 0 aliphatic carbocycles. The molecule has 1 N–H and O–H groups in total. The van der Waals surface area contributed by atoms with Crippen LogP contribution in [0.1, 0.15) is 21.5 Å². The van der Waals surface area contributed by atoms with Crippen molar-refractivity contribution in [3.63, 3.8) is 0 Å². The highest BCUT2D eigenvalue weighted by atomic mass is 19.1. The number of anilines is 1. The quantitative estimate of drug-likeness (QED) is 0.286. The molecule has 0 bridgehead atoms. The van der Waals surface area contributed by atoms with E-state index in [1.807, 2.05) is 25.1 Å². The summed E-state index contributed by atoms with van der Waals surface area (Å²) in [5.41, 5.74) is 2.31. The Bertz CT molecular complexity index is 1130. The summed E-state index contributed by atoms with van der Waals surface area (Å²) in [7, 11) is 0. The molecule has 0 spiro atoms. The number of nitrogens with one attached hydrogen (secondary N) is 1. The molecule has 6 heteroatoms. The molecule has 0 radical (unpaired) electrons. The van der Waals surface area contributed by atoms with Crippen LogP contribution in [0, 0.1) is 24.1 Å². The van der Waals surface area contributed by atoms with Gasteiger partial charge in [-0.3, -0.25) is 4.79 Å². The van der Waals surface area contributed by atoms with Gasteiger partial charge in [0, 0.05) is 5.69 Å². The smallest absolute Gasteiger partial charge is 0.343 e. The monoisotopic (exact) mass is 400 g/mol. The largest absolute Gasteiger partial charge is 0.423 e. The van der Waals surface area contributed by atoms with E-state index >= 15 is 0 Å². The molecule has 148 valence electrons. The molecule has 0 saturated carbocycles. The van der Waals surface area contributed by atoms with Crippen LogP contribution in [0.15, 0.2) is 78.4 Å². The van der Waals surface area contributed by atoms with Gasteiger partial charge in [0.25, 0.3) is 5.91 Å². The molecular formula is C24H17FN2O3. The maximum atomic E-state index is 13.0. The first kappa shape index (κ1) is 20.5. The van der Waals surface area contributed by atoms with Gasteiger partial charge in [0.05, 0.1) is 5.56 Å². The summed E-state index contributed by atoms with van der Waals surface area (Å²) >= 11 is 0. The lowest BCUT2D eigenvalue weighted by Crippen LogP contribution is -2.13. The lowest BCUT2D eigenvalue weighted by molar-refractivity contribution is -0.112. The normalized spacial score (nSPS) is 10.8. The van der Waals surface area contributed by atoms with Crippen LogP contribution in [0.25, 0.3) is 6.08 Å². The van der Waals surface area contributed by atoms with Crippen molar-refractivity contribution in [2.45, 2.75) is 6.92 Å². The van der Waals surface area contributed by atoms with Crippen LogP contribution < -0.4 is 10.1 Å². The lowest BCUT2D eigenvalue weighted by atomic mass is 10.1. The average Bonchev–Trinajstić information content (AvgIpc) is 2.75. The molecule has 0 aliphatic heterocycles. The van der Waals surface area contributed by atoms with Crippen molar-refractivity contribution in [3.05, 3.63) is 101 Å². The highest BCUT2D eigenvalue weighted by molar-refractivity contribution is 6.09. The summed E-state index contributed by atoms with van der Waals surface area (Å²) in [6.45, 7) is 1.93. The third-order valence-corrected chi connectivity index (χ3v) is 4.16. The third-order valence-electron chi connectivity index (χ3n) is 4.16. The first-order valence-corrected chi connectivity index (χ1v) is 9.02. The Hall–Kier alpha value is -4.24. The van der Waals surface area contributed by atoms with E-state index in [9.17, 15) is 19.2 Å². The summed E-state index contributed by atoms with van der Waals surface area (Å²) in [4.78, 5) is 24.4. The van der Waals surface area contributed by atoms with Crippen molar-refractivity contribution in [2.75, 3.05) is 5.32 Å². The standard InChI is InChI=1S/C24H17FN2O3/c1-16-2-6-18(7-3-16)24(29)30-22-12-4-17(5-13-22)14-19(15-26)23(28)27-21-10-8-20(25)9-11-21/h2-14H,1H3,(H,27,28). The molecule has 3 aromatic rings. The minimum Gasteiger partial charge on any atom is -0.423 e. The number of nitrogens with zero attached hydrogens (tertiary/aromatic N) is 1. The number of amides is 1. The van der Waals surface area contributed by atoms with Gasteiger partial charge >= 0.3 is 5.97 Å². The summed E-state index contributed by atoms with van der Waals surface area (Å²) in [5, 5.41) is 11.8. The Morgan fingerprint density at radius 1 is 0.967 bits per heavy atom. The number of benzene rings is 3. The van der Waals surface area contributed by atoms with Crippen LogP contribution in [-0.2, 0) is 4.79 Å². The zero-order chi connectivity index (χ0) is 21.5. The molecular weight excluding hydrogens is 383 g/mol. The molecule has 0 saturated heterocycles. The minimum atomic E-state index is -0.612. The molecule has 1 amide bonds. The van der Waals surface area contributed by atoms with Crippen LogP contribution in [0.3, 0.4) is 0 Å². The number of hydrogen-bond donors (Lipinski definition) is 1. The van der Waals surface area contributed by atoms with E-state index in [1.54, 1.807) is 36.4 Å². The van der Waals surface area contributed by atoms with Gasteiger partial charge in [-0.2, -0.15) is 5.26 Å². The van der Waals surface area contributed by atoms with E-state index in [-0.39, 0.29) is 5.57 Å².